The fourth-order valence-electron chi connectivity index (χ4n) is 2.52. The number of aryl methyl sites for hydroxylation is 1. The molecular formula is C13H21N3O2S. The lowest BCUT2D eigenvalue weighted by atomic mass is 10.1. The molecule has 1 aromatic heterocycles. The maximum atomic E-state index is 11.1. The van der Waals surface area contributed by atoms with Gasteiger partial charge in [-0.3, -0.25) is 14.6 Å². The van der Waals surface area contributed by atoms with Crippen molar-refractivity contribution in [3.05, 3.63) is 16.1 Å². The lowest BCUT2D eigenvalue weighted by Gasteiger charge is -2.37. The maximum Gasteiger partial charge on any atom is 0.320 e. The minimum atomic E-state index is -0.700. The number of nitrogens with zero attached hydrogens (tertiary/aromatic N) is 3. The van der Waals surface area contributed by atoms with Gasteiger partial charge in [-0.25, -0.2) is 4.98 Å². The molecule has 0 radical (unpaired) electrons. The molecule has 19 heavy (non-hydrogen) atoms. The first-order chi connectivity index (χ1) is 9.10. The summed E-state index contributed by atoms with van der Waals surface area (Å²) in [6.45, 7) is 8.42. The van der Waals surface area contributed by atoms with Gasteiger partial charge in [-0.2, -0.15) is 0 Å². The normalized spacial score (nSPS) is 19.5. The molecule has 0 aromatic carbocycles. The van der Waals surface area contributed by atoms with Crippen molar-refractivity contribution in [3.8, 4) is 0 Å². The van der Waals surface area contributed by atoms with Gasteiger partial charge in [0.25, 0.3) is 0 Å². The Hall–Kier alpha value is -0.980. The van der Waals surface area contributed by atoms with Crippen LogP contribution in [0.1, 0.15) is 23.2 Å². The summed E-state index contributed by atoms with van der Waals surface area (Å²) < 4.78 is 0. The molecule has 2 rings (SSSR count). The summed E-state index contributed by atoms with van der Waals surface area (Å²) in [6.07, 6.45) is 2.61. The van der Waals surface area contributed by atoms with E-state index in [2.05, 4.69) is 14.8 Å². The highest BCUT2D eigenvalue weighted by Crippen LogP contribution is 2.16. The number of thiazole rings is 1. The summed E-state index contributed by atoms with van der Waals surface area (Å²) in [5.74, 6) is -0.700. The molecular weight excluding hydrogens is 262 g/mol. The molecule has 5 nitrogen and oxygen atoms in total. The van der Waals surface area contributed by atoms with Gasteiger partial charge >= 0.3 is 5.97 Å². The second-order valence-corrected chi connectivity index (χ2v) is 6.24. The van der Waals surface area contributed by atoms with E-state index in [-0.39, 0.29) is 6.04 Å². The third-order valence-electron chi connectivity index (χ3n) is 3.57. The van der Waals surface area contributed by atoms with E-state index in [1.807, 2.05) is 20.0 Å². The van der Waals surface area contributed by atoms with Crippen molar-refractivity contribution in [1.82, 2.24) is 14.8 Å². The maximum absolute atomic E-state index is 11.1. The molecule has 106 valence electrons. The van der Waals surface area contributed by atoms with E-state index < -0.39 is 5.97 Å². The highest BCUT2D eigenvalue weighted by atomic mass is 32.1. The molecule has 1 unspecified atom stereocenters. The first-order valence-corrected chi connectivity index (χ1v) is 7.52. The Bertz CT molecular complexity index is 427. The third-order valence-corrected chi connectivity index (χ3v) is 4.47. The molecule has 0 saturated carbocycles. The van der Waals surface area contributed by atoms with Gasteiger partial charge in [0.05, 0.1) is 5.01 Å². The van der Waals surface area contributed by atoms with Crippen molar-refractivity contribution in [3.63, 3.8) is 0 Å². The monoisotopic (exact) mass is 283 g/mol. The zero-order valence-electron chi connectivity index (χ0n) is 11.5. The van der Waals surface area contributed by atoms with Crippen molar-refractivity contribution in [2.45, 2.75) is 32.9 Å². The Labute approximate surface area is 117 Å². The van der Waals surface area contributed by atoms with Gasteiger partial charge in [-0.1, -0.05) is 6.92 Å². The van der Waals surface area contributed by atoms with Crippen molar-refractivity contribution in [1.29, 1.82) is 0 Å². The average Bonchev–Trinajstić information content (AvgIpc) is 2.77. The summed E-state index contributed by atoms with van der Waals surface area (Å²) in [6, 6.07) is -0.326. The lowest BCUT2D eigenvalue weighted by molar-refractivity contribution is -0.144. The van der Waals surface area contributed by atoms with E-state index in [9.17, 15) is 4.79 Å². The van der Waals surface area contributed by atoms with Crippen LogP contribution >= 0.6 is 11.3 Å². The van der Waals surface area contributed by atoms with E-state index in [1.165, 1.54) is 4.88 Å². The van der Waals surface area contributed by atoms with Crippen LogP contribution in [0.25, 0.3) is 0 Å². The number of aromatic nitrogens is 1. The number of carboxylic acid groups (broad SMARTS) is 1. The number of hydrogen-bond donors (Lipinski definition) is 1. The fraction of sp³-hybridized carbons (Fsp3) is 0.692. The van der Waals surface area contributed by atoms with Crippen LogP contribution in [0.2, 0.25) is 0 Å². The third kappa shape index (κ3) is 3.75. The Kier molecular flexibility index (Phi) is 4.90. The minimum absolute atomic E-state index is 0.326. The summed E-state index contributed by atoms with van der Waals surface area (Å²) in [7, 11) is 0. The summed E-state index contributed by atoms with van der Waals surface area (Å²) >= 11 is 1.74. The molecule has 1 aromatic rings. The Morgan fingerprint density at radius 3 is 2.63 bits per heavy atom. The fourth-order valence-corrected chi connectivity index (χ4v) is 3.36. The molecule has 1 N–H and O–H groups in total. The quantitative estimate of drug-likeness (QED) is 0.886. The first-order valence-electron chi connectivity index (χ1n) is 6.70. The van der Waals surface area contributed by atoms with Crippen molar-refractivity contribution >= 4 is 17.3 Å². The number of hydrogen-bond acceptors (Lipinski definition) is 5. The Morgan fingerprint density at radius 1 is 1.47 bits per heavy atom. The molecule has 2 heterocycles. The second-order valence-electron chi connectivity index (χ2n) is 4.92. The van der Waals surface area contributed by atoms with Crippen LogP contribution in [0, 0.1) is 6.92 Å². The van der Waals surface area contributed by atoms with Crippen LogP contribution in [-0.4, -0.2) is 58.1 Å². The standard InChI is InChI=1S/C13H21N3O2S/c1-3-12(13(17)18)16-6-4-15(5-7-16)9-11-8-14-10(2)19-11/h8,12H,3-7,9H2,1-2H3,(H,17,18). The topological polar surface area (TPSA) is 56.7 Å². The molecule has 0 amide bonds. The number of carboxylic acids is 1. The molecule has 1 saturated heterocycles. The zero-order valence-corrected chi connectivity index (χ0v) is 12.3. The van der Waals surface area contributed by atoms with Gasteiger partial charge in [-0.05, 0) is 13.3 Å². The number of aliphatic carboxylic acids is 1. The second kappa shape index (κ2) is 6.45. The van der Waals surface area contributed by atoms with E-state index in [1.54, 1.807) is 11.3 Å². The molecule has 0 spiro atoms. The molecule has 1 aliphatic rings. The highest BCUT2D eigenvalue weighted by molar-refractivity contribution is 7.11. The van der Waals surface area contributed by atoms with Gasteiger partial charge in [0, 0.05) is 43.8 Å². The molecule has 0 bridgehead atoms. The van der Waals surface area contributed by atoms with E-state index in [4.69, 9.17) is 5.11 Å². The average molecular weight is 283 g/mol. The van der Waals surface area contributed by atoms with Crippen molar-refractivity contribution in [2.75, 3.05) is 26.2 Å². The number of rotatable bonds is 5. The van der Waals surface area contributed by atoms with Crippen LogP contribution in [0.5, 0.6) is 0 Å². The zero-order chi connectivity index (χ0) is 13.8. The van der Waals surface area contributed by atoms with Crippen LogP contribution in [0.4, 0.5) is 0 Å². The first kappa shape index (κ1) is 14.4. The van der Waals surface area contributed by atoms with E-state index in [0.29, 0.717) is 6.42 Å². The summed E-state index contributed by atoms with van der Waals surface area (Å²) in [4.78, 5) is 21.2. The SMILES string of the molecule is CCC(C(=O)O)N1CCN(Cc2cnc(C)s2)CC1. The van der Waals surface area contributed by atoms with Crippen LogP contribution in [0.3, 0.4) is 0 Å². The van der Waals surface area contributed by atoms with Crippen molar-refractivity contribution in [2.24, 2.45) is 0 Å². The lowest BCUT2D eigenvalue weighted by Crippen LogP contribution is -2.52. The van der Waals surface area contributed by atoms with Gasteiger partial charge in [0.2, 0.25) is 0 Å². The largest absolute Gasteiger partial charge is 0.480 e. The van der Waals surface area contributed by atoms with Gasteiger partial charge in [-0.15, -0.1) is 11.3 Å². The van der Waals surface area contributed by atoms with Crippen LogP contribution in [0.15, 0.2) is 6.20 Å². The molecule has 1 aliphatic heterocycles. The number of piperazine rings is 1. The van der Waals surface area contributed by atoms with Gasteiger partial charge < -0.3 is 5.11 Å². The van der Waals surface area contributed by atoms with Crippen molar-refractivity contribution < 1.29 is 9.90 Å². The summed E-state index contributed by atoms with van der Waals surface area (Å²) in [5.41, 5.74) is 0. The smallest absolute Gasteiger partial charge is 0.320 e. The van der Waals surface area contributed by atoms with Gasteiger partial charge in [0.1, 0.15) is 6.04 Å². The molecule has 1 fully saturated rings. The highest BCUT2D eigenvalue weighted by Gasteiger charge is 2.27. The predicted octanol–water partition coefficient (Wildman–Crippen LogP) is 1.43. The van der Waals surface area contributed by atoms with Gasteiger partial charge in [0.15, 0.2) is 0 Å². The Morgan fingerprint density at radius 2 is 2.16 bits per heavy atom. The van der Waals surface area contributed by atoms with E-state index >= 15 is 0 Å². The van der Waals surface area contributed by atoms with E-state index in [0.717, 1.165) is 37.7 Å². The molecule has 6 heteroatoms. The molecule has 0 aliphatic carbocycles. The number of carbonyl (C=O) groups is 1. The van der Waals surface area contributed by atoms with Crippen LogP contribution < -0.4 is 0 Å². The summed E-state index contributed by atoms with van der Waals surface area (Å²) in [5, 5.41) is 10.3. The predicted molar refractivity (Wildman–Crippen MR) is 75.4 cm³/mol. The minimum Gasteiger partial charge on any atom is -0.480 e. The molecule has 1 atom stereocenters. The van der Waals surface area contributed by atoms with Crippen LogP contribution in [-0.2, 0) is 11.3 Å². The Balaban J connectivity index is 1.83.